The quantitative estimate of drug-likeness (QED) is 0.308. The Morgan fingerprint density at radius 2 is 1.04 bits per heavy atom. The number of hydrogen-bond donors (Lipinski definition) is 0. The fourth-order valence-electron chi connectivity index (χ4n) is 3.12. The molecule has 4 aromatic rings. The van der Waals surface area contributed by atoms with Crippen molar-refractivity contribution in [2.24, 2.45) is 0 Å². The molecule has 134 valence electrons. The van der Waals surface area contributed by atoms with E-state index in [0.717, 1.165) is 0 Å². The second-order valence-electron chi connectivity index (χ2n) is 6.29. The molecule has 0 saturated heterocycles. The van der Waals surface area contributed by atoms with Crippen molar-refractivity contribution in [2.75, 3.05) is 0 Å². The zero-order valence-electron chi connectivity index (χ0n) is 15.2. The molecule has 0 amide bonds. The summed E-state index contributed by atoms with van der Waals surface area (Å²) in [4.78, 5) is 4.07. The minimum absolute atomic E-state index is 0. The Morgan fingerprint density at radius 3 is 1.70 bits per heavy atom. The molecule has 0 nitrogen and oxygen atoms in total. The molecular formula is C25H21IS. The summed E-state index contributed by atoms with van der Waals surface area (Å²) in [6, 6.07) is 39.3. The van der Waals surface area contributed by atoms with Crippen LogP contribution in [0.5, 0.6) is 0 Å². The largest absolute Gasteiger partial charge is 1.00 e. The van der Waals surface area contributed by atoms with Crippen LogP contribution in [0, 0.1) is 6.92 Å². The van der Waals surface area contributed by atoms with Crippen molar-refractivity contribution in [1.82, 2.24) is 0 Å². The van der Waals surface area contributed by atoms with E-state index in [2.05, 4.69) is 116 Å². The van der Waals surface area contributed by atoms with Crippen molar-refractivity contribution in [3.8, 4) is 11.1 Å². The Morgan fingerprint density at radius 1 is 0.519 bits per heavy atom. The molecule has 4 rings (SSSR count). The first-order chi connectivity index (χ1) is 12.8. The predicted octanol–water partition coefficient (Wildman–Crippen LogP) is 3.76. The van der Waals surface area contributed by atoms with Crippen molar-refractivity contribution in [3.05, 3.63) is 115 Å². The van der Waals surface area contributed by atoms with E-state index in [1.807, 2.05) is 0 Å². The van der Waals surface area contributed by atoms with E-state index in [4.69, 9.17) is 0 Å². The van der Waals surface area contributed by atoms with Crippen molar-refractivity contribution in [1.29, 1.82) is 0 Å². The molecule has 0 N–H and O–H groups in total. The molecule has 2 heteroatoms. The van der Waals surface area contributed by atoms with Crippen LogP contribution in [-0.2, 0) is 10.9 Å². The van der Waals surface area contributed by atoms with Gasteiger partial charge in [0, 0.05) is 5.56 Å². The first-order valence-electron chi connectivity index (χ1n) is 8.83. The van der Waals surface area contributed by atoms with Gasteiger partial charge in [-0.3, -0.25) is 0 Å². The minimum atomic E-state index is -0.135. The van der Waals surface area contributed by atoms with E-state index >= 15 is 0 Å². The Hall–Kier alpha value is -2.04. The van der Waals surface area contributed by atoms with Crippen molar-refractivity contribution in [3.63, 3.8) is 0 Å². The average Bonchev–Trinajstić information content (AvgIpc) is 2.72. The van der Waals surface area contributed by atoms with Gasteiger partial charge < -0.3 is 24.0 Å². The van der Waals surface area contributed by atoms with Crippen LogP contribution in [0.3, 0.4) is 0 Å². The summed E-state index contributed by atoms with van der Waals surface area (Å²) < 4.78 is 0. The van der Waals surface area contributed by atoms with Gasteiger partial charge in [-0.1, -0.05) is 78.4 Å². The average molecular weight is 480 g/mol. The minimum Gasteiger partial charge on any atom is -1.00 e. The Balaban J connectivity index is 0.00000210. The Labute approximate surface area is 181 Å². The summed E-state index contributed by atoms with van der Waals surface area (Å²) in [5, 5.41) is 0. The topological polar surface area (TPSA) is 0 Å². The number of rotatable bonds is 4. The van der Waals surface area contributed by atoms with Crippen LogP contribution in [-0.4, -0.2) is 0 Å². The third-order valence-corrected chi connectivity index (χ3v) is 6.71. The van der Waals surface area contributed by atoms with Gasteiger partial charge in [0.2, 0.25) is 0 Å². The summed E-state index contributed by atoms with van der Waals surface area (Å²) in [5.74, 6) is 0. The molecular weight excluding hydrogens is 459 g/mol. The molecule has 1 unspecified atom stereocenters. The lowest BCUT2D eigenvalue weighted by Gasteiger charge is -2.12. The lowest BCUT2D eigenvalue weighted by molar-refractivity contribution is -0.00000513. The van der Waals surface area contributed by atoms with Gasteiger partial charge in [-0.05, 0) is 48.9 Å². The normalized spacial score (nSPS) is 11.4. The van der Waals surface area contributed by atoms with Gasteiger partial charge in [0.05, 0.1) is 10.9 Å². The summed E-state index contributed by atoms with van der Waals surface area (Å²) >= 11 is 0. The molecule has 0 aliphatic rings. The Kier molecular flexibility index (Phi) is 6.75. The zero-order valence-corrected chi connectivity index (χ0v) is 18.2. The number of aryl methyl sites for hydroxylation is 1. The summed E-state index contributed by atoms with van der Waals surface area (Å²) in [7, 11) is -0.135. The van der Waals surface area contributed by atoms with E-state index in [0.29, 0.717) is 0 Å². The number of halogens is 1. The predicted molar refractivity (Wildman–Crippen MR) is 112 cm³/mol. The smallest absolute Gasteiger partial charge is 0.174 e. The van der Waals surface area contributed by atoms with Crippen LogP contribution < -0.4 is 24.0 Å². The van der Waals surface area contributed by atoms with Crippen molar-refractivity contribution in [2.45, 2.75) is 21.6 Å². The maximum absolute atomic E-state index is 2.28. The fraction of sp³-hybridized carbons (Fsp3) is 0.0400. The van der Waals surface area contributed by atoms with Gasteiger partial charge in [0.15, 0.2) is 14.7 Å². The third kappa shape index (κ3) is 4.45. The molecule has 0 radical (unpaired) electrons. The third-order valence-electron chi connectivity index (χ3n) is 4.43. The lowest BCUT2D eigenvalue weighted by atomic mass is 10.1. The van der Waals surface area contributed by atoms with E-state index in [1.165, 1.54) is 31.4 Å². The first kappa shape index (κ1) is 19.7. The molecule has 0 fully saturated rings. The monoisotopic (exact) mass is 480 g/mol. The molecule has 0 heterocycles. The van der Waals surface area contributed by atoms with Crippen LogP contribution in [0.1, 0.15) is 5.56 Å². The van der Waals surface area contributed by atoms with Gasteiger partial charge in [-0.25, -0.2) is 0 Å². The van der Waals surface area contributed by atoms with Gasteiger partial charge in [-0.2, -0.15) is 0 Å². The molecule has 0 bridgehead atoms. The molecule has 27 heavy (non-hydrogen) atoms. The van der Waals surface area contributed by atoms with E-state index < -0.39 is 0 Å². The van der Waals surface area contributed by atoms with E-state index in [9.17, 15) is 0 Å². The summed E-state index contributed by atoms with van der Waals surface area (Å²) in [5.41, 5.74) is 3.87. The van der Waals surface area contributed by atoms with Gasteiger partial charge >= 0.3 is 0 Å². The Bertz CT molecular complexity index is 979. The van der Waals surface area contributed by atoms with E-state index in [-0.39, 0.29) is 34.9 Å². The van der Waals surface area contributed by atoms with Crippen LogP contribution >= 0.6 is 0 Å². The number of hydrogen-bond acceptors (Lipinski definition) is 0. The molecule has 1 atom stereocenters. The molecule has 0 aromatic heterocycles. The molecule has 0 spiro atoms. The second kappa shape index (κ2) is 9.25. The van der Waals surface area contributed by atoms with Crippen LogP contribution in [0.4, 0.5) is 0 Å². The zero-order chi connectivity index (χ0) is 17.8. The van der Waals surface area contributed by atoms with Crippen molar-refractivity contribution < 1.29 is 24.0 Å². The van der Waals surface area contributed by atoms with Crippen molar-refractivity contribution >= 4 is 10.9 Å². The van der Waals surface area contributed by atoms with Gasteiger partial charge in [0.1, 0.15) is 0 Å². The SMILES string of the molecule is Cc1ccc([S+](c2ccccc2)c2ccccc2-c2ccccc2)cc1.[I-]. The standard InChI is InChI=1S/C25H21S.HI/c1-20-16-18-23(19-17-20)26(22-12-6-3-7-13-22)25-15-9-8-14-24(25)21-10-4-2-5-11-21;/h2-19H,1H3;1H/q+1;/p-1. The molecule has 4 aromatic carbocycles. The fourth-order valence-corrected chi connectivity index (χ4v) is 5.36. The highest BCUT2D eigenvalue weighted by Gasteiger charge is 2.31. The maximum atomic E-state index is 2.28. The van der Waals surface area contributed by atoms with Crippen LogP contribution in [0.25, 0.3) is 11.1 Å². The van der Waals surface area contributed by atoms with Crippen LogP contribution in [0.15, 0.2) is 124 Å². The summed E-state index contributed by atoms with van der Waals surface area (Å²) in [6.45, 7) is 2.14. The highest BCUT2D eigenvalue weighted by Crippen LogP contribution is 2.37. The van der Waals surface area contributed by atoms with E-state index in [1.54, 1.807) is 0 Å². The molecule has 0 aliphatic heterocycles. The molecule has 0 saturated carbocycles. The first-order valence-corrected chi connectivity index (χ1v) is 10.1. The highest BCUT2D eigenvalue weighted by molar-refractivity contribution is 7.97. The van der Waals surface area contributed by atoms with Crippen LogP contribution in [0.2, 0.25) is 0 Å². The second-order valence-corrected chi connectivity index (χ2v) is 8.29. The highest BCUT2D eigenvalue weighted by atomic mass is 127. The van der Waals surface area contributed by atoms with Gasteiger partial charge in [0.25, 0.3) is 0 Å². The van der Waals surface area contributed by atoms with Gasteiger partial charge in [-0.15, -0.1) is 0 Å². The summed E-state index contributed by atoms with van der Waals surface area (Å²) in [6.07, 6.45) is 0. The molecule has 0 aliphatic carbocycles. The lowest BCUT2D eigenvalue weighted by Crippen LogP contribution is -3.00. The number of benzene rings is 4. The maximum Gasteiger partial charge on any atom is 0.174 e.